The van der Waals surface area contributed by atoms with E-state index >= 15 is 0 Å². The van der Waals surface area contributed by atoms with E-state index in [1.54, 1.807) is 59.5 Å². The number of aliphatic hydroxyl groups is 1. The van der Waals surface area contributed by atoms with E-state index < -0.39 is 5.60 Å². The topological polar surface area (TPSA) is 69.6 Å². The summed E-state index contributed by atoms with van der Waals surface area (Å²) in [5.41, 5.74) is 1.21. The Bertz CT molecular complexity index is 1190. The third-order valence-corrected chi connectivity index (χ3v) is 6.74. The first-order valence-electron chi connectivity index (χ1n) is 11.0. The molecule has 3 aromatic carbocycles. The van der Waals surface area contributed by atoms with Gasteiger partial charge in [0.2, 0.25) is 0 Å². The van der Waals surface area contributed by atoms with Crippen molar-refractivity contribution in [1.29, 1.82) is 0 Å². The highest BCUT2D eigenvalue weighted by atomic mass is 79.9. The highest BCUT2D eigenvalue weighted by molar-refractivity contribution is 9.10. The molecule has 0 radical (unpaired) electrons. The number of amides is 2. The zero-order valence-corrected chi connectivity index (χ0v) is 20.7. The lowest BCUT2D eigenvalue weighted by Gasteiger charge is -2.38. The van der Waals surface area contributed by atoms with Crippen LogP contribution in [0.3, 0.4) is 0 Å². The molecule has 174 valence electrons. The first kappa shape index (κ1) is 24.2. The van der Waals surface area contributed by atoms with Crippen molar-refractivity contribution in [3.63, 3.8) is 0 Å². The minimum Gasteiger partial charge on any atom is -0.385 e. The number of benzene rings is 3. The van der Waals surface area contributed by atoms with Gasteiger partial charge in [-0.25, -0.2) is 0 Å². The molecular formula is C27H24BrClN2O3. The van der Waals surface area contributed by atoms with Gasteiger partial charge in [0.15, 0.2) is 0 Å². The van der Waals surface area contributed by atoms with E-state index in [-0.39, 0.29) is 17.5 Å². The van der Waals surface area contributed by atoms with E-state index in [2.05, 4.69) is 21.2 Å². The Balaban J connectivity index is 1.54. The van der Waals surface area contributed by atoms with Crippen molar-refractivity contribution in [3.8, 4) is 0 Å². The molecule has 7 heteroatoms. The van der Waals surface area contributed by atoms with Crippen LogP contribution in [0.5, 0.6) is 0 Å². The fourth-order valence-electron chi connectivity index (χ4n) is 3.96. The van der Waals surface area contributed by atoms with Gasteiger partial charge < -0.3 is 15.3 Å². The van der Waals surface area contributed by atoms with Crippen LogP contribution in [-0.2, 0) is 10.4 Å². The molecule has 2 N–H and O–H groups in total. The zero-order valence-electron chi connectivity index (χ0n) is 18.4. The molecule has 0 aromatic heterocycles. The summed E-state index contributed by atoms with van der Waals surface area (Å²) in [7, 11) is 0. The second-order valence-corrected chi connectivity index (χ2v) is 9.61. The average molecular weight is 540 g/mol. The maximum Gasteiger partial charge on any atom is 0.270 e. The summed E-state index contributed by atoms with van der Waals surface area (Å²) in [5.74, 6) is -0.658. The predicted octanol–water partition coefficient (Wildman–Crippen LogP) is 5.38. The van der Waals surface area contributed by atoms with Gasteiger partial charge in [-0.1, -0.05) is 70.0 Å². The van der Waals surface area contributed by atoms with Gasteiger partial charge in [-0.05, 0) is 66.4 Å². The Morgan fingerprint density at radius 3 is 2.18 bits per heavy atom. The van der Waals surface area contributed by atoms with Crippen molar-refractivity contribution >= 4 is 45.4 Å². The highest BCUT2D eigenvalue weighted by Crippen LogP contribution is 2.33. The smallest absolute Gasteiger partial charge is 0.270 e. The largest absolute Gasteiger partial charge is 0.385 e. The van der Waals surface area contributed by atoms with Crippen molar-refractivity contribution in [2.24, 2.45) is 0 Å². The molecule has 0 aliphatic carbocycles. The van der Waals surface area contributed by atoms with Crippen LogP contribution in [0.15, 0.2) is 89.0 Å². The van der Waals surface area contributed by atoms with Gasteiger partial charge in [0, 0.05) is 28.1 Å². The summed E-state index contributed by atoms with van der Waals surface area (Å²) in [6.07, 6.45) is 2.46. The normalized spacial score (nSPS) is 15.6. The van der Waals surface area contributed by atoms with Gasteiger partial charge >= 0.3 is 0 Å². The van der Waals surface area contributed by atoms with Crippen LogP contribution in [0.2, 0.25) is 5.02 Å². The van der Waals surface area contributed by atoms with Crippen LogP contribution in [-0.4, -0.2) is 34.9 Å². The molecule has 1 heterocycles. The van der Waals surface area contributed by atoms with Gasteiger partial charge in [-0.3, -0.25) is 9.59 Å². The van der Waals surface area contributed by atoms with Crippen LogP contribution in [0.1, 0.15) is 34.3 Å². The second kappa shape index (κ2) is 10.6. The van der Waals surface area contributed by atoms with Gasteiger partial charge in [0.05, 0.1) is 5.60 Å². The first-order valence-corrected chi connectivity index (χ1v) is 12.1. The lowest BCUT2D eigenvalue weighted by atomic mass is 9.84. The molecule has 0 spiro atoms. The first-order chi connectivity index (χ1) is 16.3. The second-order valence-electron chi connectivity index (χ2n) is 8.26. The zero-order chi connectivity index (χ0) is 24.1. The van der Waals surface area contributed by atoms with Gasteiger partial charge in [0.25, 0.3) is 11.8 Å². The monoisotopic (exact) mass is 538 g/mol. The number of rotatable bonds is 5. The molecule has 1 aliphatic rings. The van der Waals surface area contributed by atoms with E-state index in [0.29, 0.717) is 36.5 Å². The van der Waals surface area contributed by atoms with Gasteiger partial charge in [-0.15, -0.1) is 0 Å². The van der Waals surface area contributed by atoms with E-state index in [4.69, 9.17) is 11.6 Å². The number of carbonyl (C=O) groups is 2. The molecule has 3 aromatic rings. The quantitative estimate of drug-likeness (QED) is 0.428. The number of nitrogens with one attached hydrogen (secondary N) is 1. The highest BCUT2D eigenvalue weighted by Gasteiger charge is 2.36. The van der Waals surface area contributed by atoms with Crippen molar-refractivity contribution < 1.29 is 14.7 Å². The maximum atomic E-state index is 13.5. The Morgan fingerprint density at radius 2 is 1.56 bits per heavy atom. The molecule has 0 saturated carbocycles. The third kappa shape index (κ3) is 5.76. The third-order valence-electron chi connectivity index (χ3n) is 5.95. The van der Waals surface area contributed by atoms with E-state index in [1.165, 1.54) is 0 Å². The molecule has 2 amide bonds. The van der Waals surface area contributed by atoms with Crippen molar-refractivity contribution in [1.82, 2.24) is 10.2 Å². The van der Waals surface area contributed by atoms with Gasteiger partial charge in [-0.2, -0.15) is 0 Å². The van der Waals surface area contributed by atoms with E-state index in [1.807, 2.05) is 30.3 Å². The lowest BCUT2D eigenvalue weighted by Crippen LogP contribution is -2.47. The molecule has 34 heavy (non-hydrogen) atoms. The summed E-state index contributed by atoms with van der Waals surface area (Å²) in [4.78, 5) is 27.9. The number of hydrogen-bond donors (Lipinski definition) is 2. The minimum atomic E-state index is -0.995. The Morgan fingerprint density at radius 1 is 0.941 bits per heavy atom. The van der Waals surface area contributed by atoms with Gasteiger partial charge in [0.1, 0.15) is 5.70 Å². The molecule has 1 fully saturated rings. The Labute approximate surface area is 212 Å². The minimum absolute atomic E-state index is 0.172. The molecule has 0 bridgehead atoms. The van der Waals surface area contributed by atoms with Crippen molar-refractivity contribution in [3.05, 3.63) is 111 Å². The summed E-state index contributed by atoms with van der Waals surface area (Å²) in [5, 5.41) is 14.5. The van der Waals surface area contributed by atoms with Crippen molar-refractivity contribution in [2.45, 2.75) is 18.4 Å². The number of hydrogen-bond acceptors (Lipinski definition) is 3. The molecule has 1 aliphatic heterocycles. The molecule has 0 unspecified atom stereocenters. The van der Waals surface area contributed by atoms with Crippen LogP contribution in [0, 0.1) is 0 Å². The predicted molar refractivity (Wildman–Crippen MR) is 137 cm³/mol. The number of nitrogens with zero attached hydrogens (tertiary/aromatic N) is 1. The number of carbonyl (C=O) groups excluding carboxylic acids is 2. The summed E-state index contributed by atoms with van der Waals surface area (Å²) in [6, 6.07) is 23.4. The maximum absolute atomic E-state index is 13.5. The summed E-state index contributed by atoms with van der Waals surface area (Å²) < 4.78 is 0.943. The van der Waals surface area contributed by atoms with Crippen molar-refractivity contribution in [2.75, 3.05) is 13.1 Å². The summed E-state index contributed by atoms with van der Waals surface area (Å²) >= 11 is 9.41. The Kier molecular flexibility index (Phi) is 7.51. The number of piperidine rings is 1. The molecule has 5 nitrogen and oxygen atoms in total. The summed E-state index contributed by atoms with van der Waals surface area (Å²) in [6.45, 7) is 0.731. The molecule has 0 atom stereocenters. The van der Waals surface area contributed by atoms with Crippen LogP contribution >= 0.6 is 27.5 Å². The average Bonchev–Trinajstić information content (AvgIpc) is 2.86. The van der Waals surface area contributed by atoms with Crippen LogP contribution in [0.25, 0.3) is 6.08 Å². The van der Waals surface area contributed by atoms with Crippen LogP contribution < -0.4 is 5.32 Å². The Hall–Kier alpha value is -2.93. The molecule has 1 saturated heterocycles. The van der Waals surface area contributed by atoms with E-state index in [0.717, 1.165) is 15.6 Å². The SMILES string of the molecule is O=C(NC(=Cc1ccc(Cl)cc1)C(=O)N1CCC(O)(c2ccc(Br)cc2)CC1)c1ccccc1. The van der Waals surface area contributed by atoms with Crippen LogP contribution in [0.4, 0.5) is 0 Å². The molecule has 4 rings (SSSR count). The number of likely N-dealkylation sites (tertiary alicyclic amines) is 1. The standard InChI is InChI=1S/C27H24BrClN2O3/c28-22-10-8-21(9-11-22)27(34)14-16-31(17-15-27)26(33)24(18-19-6-12-23(29)13-7-19)30-25(32)20-4-2-1-3-5-20/h1-13,18,34H,14-17H2,(H,30,32). The fourth-order valence-corrected chi connectivity index (χ4v) is 4.35. The van der Waals surface area contributed by atoms with E-state index in [9.17, 15) is 14.7 Å². The number of halogens is 2. The molecular weight excluding hydrogens is 516 g/mol. The lowest BCUT2D eigenvalue weighted by molar-refractivity contribution is -0.131. The fraction of sp³-hybridized carbons (Fsp3) is 0.185.